The largest absolute Gasteiger partial charge is 0.508 e. The molecule has 0 unspecified atom stereocenters. The lowest BCUT2D eigenvalue weighted by Gasteiger charge is -2.08. The number of phenols is 3. The van der Waals surface area contributed by atoms with Crippen LogP contribution in [0.25, 0.3) is 0 Å². The summed E-state index contributed by atoms with van der Waals surface area (Å²) in [4.78, 5) is 0. The predicted octanol–water partition coefficient (Wildman–Crippen LogP) is 2.70. The van der Waals surface area contributed by atoms with Crippen molar-refractivity contribution in [2.75, 3.05) is 0 Å². The van der Waals surface area contributed by atoms with E-state index < -0.39 is 0 Å². The van der Waals surface area contributed by atoms with Crippen molar-refractivity contribution in [3.05, 3.63) is 53.1 Å². The maximum Gasteiger partial charge on any atom is 0.122 e. The number of aromatic hydroxyl groups is 3. The van der Waals surface area contributed by atoms with E-state index in [4.69, 9.17) is 0 Å². The summed E-state index contributed by atoms with van der Waals surface area (Å²) >= 11 is 0. The normalized spacial score (nSPS) is 10.4. The van der Waals surface area contributed by atoms with Gasteiger partial charge in [-0.05, 0) is 30.2 Å². The lowest BCUT2D eigenvalue weighted by molar-refractivity contribution is 0.446. The molecule has 0 amide bonds. The van der Waals surface area contributed by atoms with Crippen LogP contribution < -0.4 is 0 Å². The first-order valence-electron chi connectivity index (χ1n) is 5.35. The van der Waals surface area contributed by atoms with Crippen LogP contribution in [0.4, 0.5) is 0 Å². The maximum atomic E-state index is 9.71. The van der Waals surface area contributed by atoms with Gasteiger partial charge in [-0.3, -0.25) is 0 Å². The van der Waals surface area contributed by atoms with Gasteiger partial charge in [-0.2, -0.15) is 0 Å². The Morgan fingerprint density at radius 3 is 2.29 bits per heavy atom. The lowest BCUT2D eigenvalue weighted by Crippen LogP contribution is -1.90. The van der Waals surface area contributed by atoms with Crippen LogP contribution >= 0.6 is 0 Å². The van der Waals surface area contributed by atoms with E-state index in [1.807, 2.05) is 19.1 Å². The van der Waals surface area contributed by atoms with Gasteiger partial charge < -0.3 is 15.3 Å². The van der Waals surface area contributed by atoms with Crippen LogP contribution in [-0.2, 0) is 6.42 Å². The zero-order valence-corrected chi connectivity index (χ0v) is 9.51. The van der Waals surface area contributed by atoms with Crippen LogP contribution in [0.2, 0.25) is 0 Å². The Morgan fingerprint density at radius 1 is 0.824 bits per heavy atom. The zero-order valence-electron chi connectivity index (χ0n) is 9.51. The fourth-order valence-corrected chi connectivity index (χ4v) is 1.76. The maximum absolute atomic E-state index is 9.71. The van der Waals surface area contributed by atoms with Crippen LogP contribution in [0.1, 0.15) is 16.7 Å². The molecule has 0 aliphatic carbocycles. The van der Waals surface area contributed by atoms with Gasteiger partial charge in [0.25, 0.3) is 0 Å². The van der Waals surface area contributed by atoms with E-state index in [1.54, 1.807) is 12.1 Å². The molecule has 3 nitrogen and oxygen atoms in total. The summed E-state index contributed by atoms with van der Waals surface area (Å²) in [6.45, 7) is 1.94. The Balaban J connectivity index is 2.34. The third-order valence-corrected chi connectivity index (χ3v) is 2.68. The zero-order chi connectivity index (χ0) is 12.4. The van der Waals surface area contributed by atoms with Gasteiger partial charge in [-0.25, -0.2) is 0 Å². The third kappa shape index (κ3) is 2.50. The van der Waals surface area contributed by atoms with Gasteiger partial charge >= 0.3 is 0 Å². The van der Waals surface area contributed by atoms with Crippen molar-refractivity contribution in [1.29, 1.82) is 0 Å². The molecule has 2 aromatic carbocycles. The molecule has 2 aromatic rings. The molecule has 0 atom stereocenters. The van der Waals surface area contributed by atoms with Gasteiger partial charge in [-0.1, -0.05) is 23.8 Å². The summed E-state index contributed by atoms with van der Waals surface area (Å²) in [5.74, 6) is 0.272. The average Bonchev–Trinajstić information content (AvgIpc) is 2.27. The van der Waals surface area contributed by atoms with E-state index >= 15 is 0 Å². The molecule has 0 fully saturated rings. The highest BCUT2D eigenvalue weighted by molar-refractivity contribution is 5.45. The third-order valence-electron chi connectivity index (χ3n) is 2.68. The van der Waals surface area contributed by atoms with Crippen molar-refractivity contribution >= 4 is 0 Å². The number of rotatable bonds is 2. The fraction of sp³-hybridized carbons (Fsp3) is 0.143. The summed E-state index contributed by atoms with van der Waals surface area (Å²) in [7, 11) is 0. The minimum absolute atomic E-state index is 0.0275. The van der Waals surface area contributed by atoms with Crippen LogP contribution in [0, 0.1) is 6.92 Å². The molecule has 0 bridgehead atoms. The topological polar surface area (TPSA) is 60.7 Å². The quantitative estimate of drug-likeness (QED) is 0.743. The lowest BCUT2D eigenvalue weighted by atomic mass is 10.0. The second-order valence-corrected chi connectivity index (χ2v) is 4.12. The number of phenolic OH excluding ortho intramolecular Hbond substituents is 3. The second-order valence-electron chi connectivity index (χ2n) is 4.12. The molecule has 17 heavy (non-hydrogen) atoms. The average molecular weight is 230 g/mol. The van der Waals surface area contributed by atoms with Crippen molar-refractivity contribution in [2.45, 2.75) is 13.3 Å². The highest BCUT2D eigenvalue weighted by Crippen LogP contribution is 2.28. The Kier molecular flexibility index (Phi) is 2.91. The first kappa shape index (κ1) is 11.3. The van der Waals surface area contributed by atoms with Crippen LogP contribution in [-0.4, -0.2) is 15.3 Å². The summed E-state index contributed by atoms with van der Waals surface area (Å²) in [5.41, 5.74) is 2.48. The Bertz CT molecular complexity index is 547. The SMILES string of the molecule is Cc1ccc(O)c(Cc2ccc(O)cc2O)c1. The van der Waals surface area contributed by atoms with Gasteiger partial charge in [0.05, 0.1) is 0 Å². The molecular formula is C14H14O3. The minimum atomic E-state index is 0.0275. The molecule has 0 spiro atoms. The number of aryl methyl sites for hydroxylation is 1. The molecule has 0 aromatic heterocycles. The first-order chi connectivity index (χ1) is 8.06. The molecule has 0 heterocycles. The number of hydrogen-bond acceptors (Lipinski definition) is 3. The molecule has 3 heteroatoms. The van der Waals surface area contributed by atoms with Gasteiger partial charge in [0.15, 0.2) is 0 Å². The molecule has 0 aliphatic rings. The van der Waals surface area contributed by atoms with Crippen molar-refractivity contribution in [1.82, 2.24) is 0 Å². The number of hydrogen-bond donors (Lipinski definition) is 3. The summed E-state index contributed by atoms with van der Waals surface area (Å²) < 4.78 is 0. The Labute approximate surface area is 99.6 Å². The minimum Gasteiger partial charge on any atom is -0.508 e. The predicted molar refractivity (Wildman–Crippen MR) is 65.4 cm³/mol. The number of benzene rings is 2. The van der Waals surface area contributed by atoms with Gasteiger partial charge in [0, 0.05) is 12.5 Å². The smallest absolute Gasteiger partial charge is 0.122 e. The highest BCUT2D eigenvalue weighted by atomic mass is 16.3. The van der Waals surface area contributed by atoms with E-state index in [-0.39, 0.29) is 17.2 Å². The van der Waals surface area contributed by atoms with E-state index in [9.17, 15) is 15.3 Å². The molecule has 3 N–H and O–H groups in total. The van der Waals surface area contributed by atoms with E-state index in [0.717, 1.165) is 11.1 Å². The Hall–Kier alpha value is -2.16. The summed E-state index contributed by atoms with van der Waals surface area (Å²) in [6, 6.07) is 9.80. The second kappa shape index (κ2) is 4.37. The van der Waals surface area contributed by atoms with Crippen LogP contribution in [0.3, 0.4) is 0 Å². The Morgan fingerprint density at radius 2 is 1.59 bits per heavy atom. The van der Waals surface area contributed by atoms with Gasteiger partial charge in [0.1, 0.15) is 17.2 Å². The standard InChI is InChI=1S/C14H14O3/c1-9-2-5-13(16)11(6-9)7-10-3-4-12(15)8-14(10)17/h2-6,8,15-17H,7H2,1H3. The molecule has 0 saturated heterocycles. The monoisotopic (exact) mass is 230 g/mol. The van der Waals surface area contributed by atoms with Crippen molar-refractivity contribution in [2.24, 2.45) is 0 Å². The van der Waals surface area contributed by atoms with Crippen molar-refractivity contribution < 1.29 is 15.3 Å². The molecule has 0 aliphatic heterocycles. The van der Waals surface area contributed by atoms with Gasteiger partial charge in [0.2, 0.25) is 0 Å². The van der Waals surface area contributed by atoms with Crippen LogP contribution in [0.5, 0.6) is 17.2 Å². The van der Waals surface area contributed by atoms with Crippen molar-refractivity contribution in [3.8, 4) is 17.2 Å². The highest BCUT2D eigenvalue weighted by Gasteiger charge is 2.07. The molecular weight excluding hydrogens is 216 g/mol. The molecule has 2 rings (SSSR count). The van der Waals surface area contributed by atoms with E-state index in [2.05, 4.69) is 0 Å². The summed E-state index contributed by atoms with van der Waals surface area (Å²) in [5, 5.41) is 28.6. The van der Waals surface area contributed by atoms with Gasteiger partial charge in [-0.15, -0.1) is 0 Å². The molecule has 88 valence electrons. The summed E-state index contributed by atoms with van der Waals surface area (Å²) in [6.07, 6.45) is 0.430. The van der Waals surface area contributed by atoms with Crippen molar-refractivity contribution in [3.63, 3.8) is 0 Å². The molecule has 0 radical (unpaired) electrons. The first-order valence-corrected chi connectivity index (χ1v) is 5.35. The van der Waals surface area contributed by atoms with E-state index in [0.29, 0.717) is 12.0 Å². The van der Waals surface area contributed by atoms with Crippen LogP contribution in [0.15, 0.2) is 36.4 Å². The fourth-order valence-electron chi connectivity index (χ4n) is 1.76. The van der Waals surface area contributed by atoms with E-state index in [1.165, 1.54) is 12.1 Å². The molecule has 0 saturated carbocycles.